The van der Waals surface area contributed by atoms with E-state index in [-0.39, 0.29) is 0 Å². The number of fused-ring (bicyclic) bond motifs is 3. The van der Waals surface area contributed by atoms with Crippen molar-refractivity contribution in [3.63, 3.8) is 0 Å². The zero-order chi connectivity index (χ0) is 10.1. The van der Waals surface area contributed by atoms with Crippen molar-refractivity contribution in [2.24, 2.45) is 0 Å². The van der Waals surface area contributed by atoms with Gasteiger partial charge in [-0.2, -0.15) is 11.3 Å². The van der Waals surface area contributed by atoms with Crippen LogP contribution in [0.25, 0.3) is 0 Å². The second kappa shape index (κ2) is 3.82. The van der Waals surface area contributed by atoms with Gasteiger partial charge in [-0.15, -0.1) is 0 Å². The Bertz CT molecular complexity index is 430. The molecule has 2 aromatic rings. The molecule has 1 aliphatic rings. The predicted octanol–water partition coefficient (Wildman–Crippen LogP) is 3.63. The molecule has 0 nitrogen and oxygen atoms in total. The number of hydrogen-bond acceptors (Lipinski definition) is 1. The number of thiophene rings is 1. The summed E-state index contributed by atoms with van der Waals surface area (Å²) in [6, 6.07) is 9.07. The standard InChI is InChI=1S/C14H14S/c1-2-11-4-6-13-9-15-10-14(13)7-5-12(3-1)8-11/h1-3,8-10H,4-7H2. The van der Waals surface area contributed by atoms with Gasteiger partial charge in [0.2, 0.25) is 0 Å². The van der Waals surface area contributed by atoms with Crippen molar-refractivity contribution < 1.29 is 0 Å². The van der Waals surface area contributed by atoms with Crippen molar-refractivity contribution in [1.82, 2.24) is 0 Å². The van der Waals surface area contributed by atoms with Gasteiger partial charge >= 0.3 is 0 Å². The van der Waals surface area contributed by atoms with Crippen LogP contribution in [-0.4, -0.2) is 0 Å². The fourth-order valence-electron chi connectivity index (χ4n) is 2.29. The van der Waals surface area contributed by atoms with Crippen LogP contribution in [-0.2, 0) is 25.7 Å². The summed E-state index contributed by atoms with van der Waals surface area (Å²) < 4.78 is 0. The highest BCUT2D eigenvalue weighted by Gasteiger charge is 2.08. The predicted molar refractivity (Wildman–Crippen MR) is 65.6 cm³/mol. The summed E-state index contributed by atoms with van der Waals surface area (Å²) in [6.07, 6.45) is 4.81. The van der Waals surface area contributed by atoms with E-state index >= 15 is 0 Å². The van der Waals surface area contributed by atoms with Crippen LogP contribution in [0.4, 0.5) is 0 Å². The Morgan fingerprint density at radius 3 is 2.00 bits per heavy atom. The Balaban J connectivity index is 1.99. The molecule has 0 unspecified atom stereocenters. The van der Waals surface area contributed by atoms with Gasteiger partial charge in [-0.3, -0.25) is 0 Å². The molecule has 15 heavy (non-hydrogen) atoms. The first-order valence-corrected chi connectivity index (χ1v) is 6.48. The van der Waals surface area contributed by atoms with E-state index in [4.69, 9.17) is 0 Å². The van der Waals surface area contributed by atoms with Crippen LogP contribution in [0.2, 0.25) is 0 Å². The fourth-order valence-corrected chi connectivity index (χ4v) is 3.22. The highest BCUT2D eigenvalue weighted by Crippen LogP contribution is 2.22. The lowest BCUT2D eigenvalue weighted by molar-refractivity contribution is 0.929. The van der Waals surface area contributed by atoms with E-state index in [1.165, 1.54) is 36.8 Å². The van der Waals surface area contributed by atoms with Crippen LogP contribution in [0.1, 0.15) is 22.3 Å². The zero-order valence-electron chi connectivity index (χ0n) is 8.70. The maximum absolute atomic E-state index is 2.37. The molecular formula is C14H14S. The molecule has 1 heterocycles. The molecule has 2 bridgehead atoms. The Hall–Kier alpha value is -1.08. The van der Waals surface area contributed by atoms with Gasteiger partial charge in [0.05, 0.1) is 0 Å². The Morgan fingerprint density at radius 1 is 0.800 bits per heavy atom. The summed E-state index contributed by atoms with van der Waals surface area (Å²) in [6.45, 7) is 0. The smallest absolute Gasteiger partial charge is 0.00583 e. The quantitative estimate of drug-likeness (QED) is 0.628. The van der Waals surface area contributed by atoms with Gasteiger partial charge in [-0.1, -0.05) is 24.3 Å². The third-order valence-electron chi connectivity index (χ3n) is 3.19. The topological polar surface area (TPSA) is 0 Å². The van der Waals surface area contributed by atoms with Crippen molar-refractivity contribution >= 4 is 11.3 Å². The molecule has 0 N–H and O–H groups in total. The highest BCUT2D eigenvalue weighted by atomic mass is 32.1. The van der Waals surface area contributed by atoms with Crippen LogP contribution >= 0.6 is 11.3 Å². The first-order chi connectivity index (χ1) is 7.42. The van der Waals surface area contributed by atoms with Gasteiger partial charge in [-0.05, 0) is 58.7 Å². The molecule has 1 aromatic carbocycles. The average molecular weight is 214 g/mol. The van der Waals surface area contributed by atoms with Crippen molar-refractivity contribution in [3.05, 3.63) is 57.3 Å². The summed E-state index contributed by atoms with van der Waals surface area (Å²) in [5.41, 5.74) is 6.13. The fraction of sp³-hybridized carbons (Fsp3) is 0.286. The van der Waals surface area contributed by atoms with Crippen LogP contribution in [0.5, 0.6) is 0 Å². The monoisotopic (exact) mass is 214 g/mol. The lowest BCUT2D eigenvalue weighted by atomic mass is 10.0. The van der Waals surface area contributed by atoms with Gasteiger partial charge in [0.25, 0.3) is 0 Å². The minimum Gasteiger partial charge on any atom is -0.152 e. The van der Waals surface area contributed by atoms with Gasteiger partial charge in [0.1, 0.15) is 0 Å². The highest BCUT2D eigenvalue weighted by molar-refractivity contribution is 7.08. The van der Waals surface area contributed by atoms with Crippen molar-refractivity contribution in [3.8, 4) is 0 Å². The Labute approximate surface area is 94.6 Å². The number of hydrogen-bond donors (Lipinski definition) is 0. The van der Waals surface area contributed by atoms with Gasteiger partial charge < -0.3 is 0 Å². The lowest BCUT2D eigenvalue weighted by Gasteiger charge is -2.01. The Morgan fingerprint density at radius 2 is 1.40 bits per heavy atom. The van der Waals surface area contributed by atoms with E-state index in [0.29, 0.717) is 0 Å². The second-order valence-corrected chi connectivity index (χ2v) is 4.99. The molecule has 0 radical (unpaired) electrons. The minimum atomic E-state index is 1.19. The van der Waals surface area contributed by atoms with Gasteiger partial charge in [0.15, 0.2) is 0 Å². The summed E-state index contributed by atoms with van der Waals surface area (Å²) >= 11 is 1.85. The van der Waals surface area contributed by atoms with Crippen molar-refractivity contribution in [2.75, 3.05) is 0 Å². The van der Waals surface area contributed by atoms with Crippen LogP contribution in [0.3, 0.4) is 0 Å². The third-order valence-corrected chi connectivity index (χ3v) is 4.03. The SMILES string of the molecule is c1cc2cc(c1)CCc1cscc1CC2. The van der Waals surface area contributed by atoms with E-state index in [1.807, 2.05) is 11.3 Å². The van der Waals surface area contributed by atoms with E-state index in [1.54, 1.807) is 11.1 Å². The van der Waals surface area contributed by atoms with E-state index in [9.17, 15) is 0 Å². The number of benzene rings is 1. The molecule has 0 saturated heterocycles. The summed E-state index contributed by atoms with van der Waals surface area (Å²) in [5, 5.41) is 4.65. The molecule has 0 amide bonds. The van der Waals surface area contributed by atoms with Crippen LogP contribution < -0.4 is 0 Å². The second-order valence-electron chi connectivity index (χ2n) is 4.24. The zero-order valence-corrected chi connectivity index (χ0v) is 9.52. The van der Waals surface area contributed by atoms with Crippen LogP contribution in [0, 0.1) is 0 Å². The molecule has 3 rings (SSSR count). The summed E-state index contributed by atoms with van der Waals surface area (Å²) in [4.78, 5) is 0. The normalized spacial score (nSPS) is 14.9. The minimum absolute atomic E-state index is 1.19. The molecule has 0 aliphatic heterocycles. The third kappa shape index (κ3) is 1.84. The number of aryl methyl sites for hydroxylation is 4. The molecule has 1 aliphatic carbocycles. The maximum atomic E-state index is 2.37. The van der Waals surface area contributed by atoms with Crippen LogP contribution in [0.15, 0.2) is 35.0 Å². The van der Waals surface area contributed by atoms with E-state index in [2.05, 4.69) is 35.0 Å². The lowest BCUT2D eigenvalue weighted by Crippen LogP contribution is -1.92. The summed E-state index contributed by atoms with van der Waals surface area (Å²) in [7, 11) is 0. The van der Waals surface area contributed by atoms with Gasteiger partial charge in [-0.25, -0.2) is 0 Å². The summed E-state index contributed by atoms with van der Waals surface area (Å²) in [5.74, 6) is 0. The Kier molecular flexibility index (Phi) is 2.34. The first kappa shape index (κ1) is 9.17. The largest absolute Gasteiger partial charge is 0.152 e. The average Bonchev–Trinajstić information content (AvgIpc) is 2.71. The molecule has 76 valence electrons. The molecule has 0 atom stereocenters. The maximum Gasteiger partial charge on any atom is -0.00583 e. The molecular weight excluding hydrogens is 200 g/mol. The van der Waals surface area contributed by atoms with Crippen molar-refractivity contribution in [2.45, 2.75) is 25.7 Å². The molecule has 0 saturated carbocycles. The van der Waals surface area contributed by atoms with E-state index in [0.717, 1.165) is 0 Å². The molecule has 0 spiro atoms. The molecule has 0 fully saturated rings. The van der Waals surface area contributed by atoms with Gasteiger partial charge in [0, 0.05) is 0 Å². The molecule has 1 aromatic heterocycles. The van der Waals surface area contributed by atoms with E-state index < -0.39 is 0 Å². The number of rotatable bonds is 0. The first-order valence-electron chi connectivity index (χ1n) is 5.53. The molecule has 1 heteroatoms. The van der Waals surface area contributed by atoms with Crippen molar-refractivity contribution in [1.29, 1.82) is 0 Å².